The molecule has 3 rings (SSSR count). The SMILES string of the molecule is O=C(O)c1ccc(OCC2Cc3cc(F)ccc3O2)cn1. The third kappa shape index (κ3) is 2.94. The molecule has 1 aromatic carbocycles. The number of carboxylic acids is 1. The Morgan fingerprint density at radius 2 is 2.29 bits per heavy atom. The first-order valence-electron chi connectivity index (χ1n) is 6.39. The van der Waals surface area contributed by atoms with Crippen LogP contribution in [0.5, 0.6) is 11.5 Å². The quantitative estimate of drug-likeness (QED) is 0.935. The van der Waals surface area contributed by atoms with Crippen LogP contribution in [0.4, 0.5) is 4.39 Å². The van der Waals surface area contributed by atoms with Crippen molar-refractivity contribution in [2.75, 3.05) is 6.61 Å². The number of hydrogen-bond donors (Lipinski definition) is 1. The number of carboxylic acid groups (broad SMARTS) is 1. The second-order valence-electron chi connectivity index (χ2n) is 4.69. The van der Waals surface area contributed by atoms with Gasteiger partial charge in [-0.3, -0.25) is 0 Å². The summed E-state index contributed by atoms with van der Waals surface area (Å²) >= 11 is 0. The Bertz CT molecular complexity index is 672. The van der Waals surface area contributed by atoms with Gasteiger partial charge in [0.25, 0.3) is 0 Å². The van der Waals surface area contributed by atoms with Crippen molar-refractivity contribution >= 4 is 5.97 Å². The molecular formula is C15H12FNO4. The highest BCUT2D eigenvalue weighted by atomic mass is 19.1. The number of carbonyl (C=O) groups is 1. The number of ether oxygens (including phenoxy) is 2. The summed E-state index contributed by atoms with van der Waals surface area (Å²) in [5.41, 5.74) is 0.783. The highest BCUT2D eigenvalue weighted by Gasteiger charge is 2.23. The Labute approximate surface area is 120 Å². The van der Waals surface area contributed by atoms with E-state index >= 15 is 0 Å². The lowest BCUT2D eigenvalue weighted by Gasteiger charge is -2.12. The Morgan fingerprint density at radius 3 is 3.00 bits per heavy atom. The summed E-state index contributed by atoms with van der Waals surface area (Å²) < 4.78 is 24.3. The van der Waals surface area contributed by atoms with Gasteiger partial charge in [-0.25, -0.2) is 14.2 Å². The highest BCUT2D eigenvalue weighted by molar-refractivity contribution is 5.85. The fourth-order valence-corrected chi connectivity index (χ4v) is 2.16. The van der Waals surface area contributed by atoms with Gasteiger partial charge in [-0.05, 0) is 30.3 Å². The molecule has 0 aliphatic carbocycles. The topological polar surface area (TPSA) is 68.7 Å². The average Bonchev–Trinajstić information content (AvgIpc) is 2.87. The van der Waals surface area contributed by atoms with Gasteiger partial charge in [-0.15, -0.1) is 0 Å². The van der Waals surface area contributed by atoms with Gasteiger partial charge in [0.05, 0.1) is 6.20 Å². The smallest absolute Gasteiger partial charge is 0.354 e. The Balaban J connectivity index is 1.58. The summed E-state index contributed by atoms with van der Waals surface area (Å²) in [6, 6.07) is 7.33. The van der Waals surface area contributed by atoms with E-state index in [0.717, 1.165) is 5.56 Å². The van der Waals surface area contributed by atoms with Crippen LogP contribution < -0.4 is 9.47 Å². The minimum atomic E-state index is -1.09. The number of aromatic carboxylic acids is 1. The van der Waals surface area contributed by atoms with Crippen LogP contribution in [0, 0.1) is 5.82 Å². The van der Waals surface area contributed by atoms with E-state index < -0.39 is 5.97 Å². The number of pyridine rings is 1. The van der Waals surface area contributed by atoms with Gasteiger partial charge in [0.15, 0.2) is 0 Å². The fraction of sp³-hybridized carbons (Fsp3) is 0.200. The van der Waals surface area contributed by atoms with Crippen LogP contribution >= 0.6 is 0 Å². The molecule has 1 unspecified atom stereocenters. The second-order valence-corrected chi connectivity index (χ2v) is 4.69. The zero-order chi connectivity index (χ0) is 14.8. The summed E-state index contributed by atoms with van der Waals surface area (Å²) in [5, 5.41) is 8.75. The predicted molar refractivity (Wildman–Crippen MR) is 71.2 cm³/mol. The normalized spacial score (nSPS) is 16.1. The summed E-state index contributed by atoms with van der Waals surface area (Å²) in [4.78, 5) is 14.4. The molecule has 21 heavy (non-hydrogen) atoms. The van der Waals surface area contributed by atoms with Crippen LogP contribution in [0.3, 0.4) is 0 Å². The van der Waals surface area contributed by atoms with Gasteiger partial charge >= 0.3 is 5.97 Å². The largest absolute Gasteiger partial charge is 0.488 e. The molecule has 0 saturated heterocycles. The number of fused-ring (bicyclic) bond motifs is 1. The monoisotopic (exact) mass is 289 g/mol. The van der Waals surface area contributed by atoms with Gasteiger partial charge in [-0.1, -0.05) is 0 Å². The second kappa shape index (κ2) is 5.40. The first-order chi connectivity index (χ1) is 10.1. The lowest BCUT2D eigenvalue weighted by molar-refractivity contribution is 0.0690. The van der Waals surface area contributed by atoms with E-state index in [1.165, 1.54) is 30.5 Å². The average molecular weight is 289 g/mol. The van der Waals surface area contributed by atoms with E-state index in [2.05, 4.69) is 4.98 Å². The summed E-state index contributed by atoms with van der Waals surface area (Å²) in [6.45, 7) is 0.282. The molecule has 2 heterocycles. The maximum absolute atomic E-state index is 13.1. The minimum absolute atomic E-state index is 0.0395. The molecule has 0 radical (unpaired) electrons. The third-order valence-corrected chi connectivity index (χ3v) is 3.16. The Hall–Kier alpha value is -2.63. The van der Waals surface area contributed by atoms with E-state index in [-0.39, 0.29) is 24.2 Å². The molecule has 1 atom stereocenters. The van der Waals surface area contributed by atoms with Crippen molar-refractivity contribution < 1.29 is 23.8 Å². The van der Waals surface area contributed by atoms with Crippen molar-refractivity contribution in [3.8, 4) is 11.5 Å². The first-order valence-corrected chi connectivity index (χ1v) is 6.39. The molecule has 0 fully saturated rings. The van der Waals surface area contributed by atoms with E-state index in [1.54, 1.807) is 6.07 Å². The van der Waals surface area contributed by atoms with Crippen LogP contribution in [-0.4, -0.2) is 28.8 Å². The minimum Gasteiger partial charge on any atom is -0.488 e. The zero-order valence-electron chi connectivity index (χ0n) is 11.0. The van der Waals surface area contributed by atoms with E-state index in [9.17, 15) is 9.18 Å². The van der Waals surface area contributed by atoms with E-state index in [4.69, 9.17) is 14.6 Å². The number of benzene rings is 1. The van der Waals surface area contributed by atoms with Crippen molar-refractivity contribution in [3.63, 3.8) is 0 Å². The molecule has 108 valence electrons. The molecule has 1 aliphatic rings. The molecular weight excluding hydrogens is 277 g/mol. The van der Waals surface area contributed by atoms with E-state index in [1.807, 2.05) is 0 Å². The molecule has 1 aliphatic heterocycles. The Morgan fingerprint density at radius 1 is 1.43 bits per heavy atom. The summed E-state index contributed by atoms with van der Waals surface area (Å²) in [6.07, 6.45) is 1.74. The third-order valence-electron chi connectivity index (χ3n) is 3.16. The molecule has 0 spiro atoms. The van der Waals surface area contributed by atoms with Crippen LogP contribution in [0.1, 0.15) is 16.1 Å². The standard InChI is InChI=1S/C15H12FNO4/c16-10-1-4-14-9(5-10)6-12(21-14)8-20-11-2-3-13(15(18)19)17-7-11/h1-5,7,12H,6,8H2,(H,18,19). The van der Waals surface area contributed by atoms with E-state index in [0.29, 0.717) is 17.9 Å². The number of nitrogens with zero attached hydrogens (tertiary/aromatic N) is 1. The molecule has 1 N–H and O–H groups in total. The lowest BCUT2D eigenvalue weighted by Crippen LogP contribution is -2.22. The molecule has 0 saturated carbocycles. The molecule has 1 aromatic heterocycles. The number of aromatic nitrogens is 1. The van der Waals surface area contributed by atoms with Gasteiger partial charge < -0.3 is 14.6 Å². The van der Waals surface area contributed by atoms with Gasteiger partial charge in [0.1, 0.15) is 35.7 Å². The molecule has 5 nitrogen and oxygen atoms in total. The van der Waals surface area contributed by atoms with Crippen molar-refractivity contribution in [1.82, 2.24) is 4.98 Å². The zero-order valence-corrected chi connectivity index (χ0v) is 11.0. The number of hydrogen-bond acceptors (Lipinski definition) is 4. The Kier molecular flexibility index (Phi) is 3.43. The van der Waals surface area contributed by atoms with Crippen LogP contribution in [0.2, 0.25) is 0 Å². The van der Waals surface area contributed by atoms with Crippen molar-refractivity contribution in [1.29, 1.82) is 0 Å². The molecule has 0 bridgehead atoms. The van der Waals surface area contributed by atoms with Crippen molar-refractivity contribution in [2.24, 2.45) is 0 Å². The van der Waals surface area contributed by atoms with Crippen LogP contribution in [0.15, 0.2) is 36.5 Å². The maximum Gasteiger partial charge on any atom is 0.354 e. The maximum atomic E-state index is 13.1. The lowest BCUT2D eigenvalue weighted by atomic mass is 10.1. The van der Waals surface area contributed by atoms with Gasteiger partial charge in [0.2, 0.25) is 0 Å². The van der Waals surface area contributed by atoms with Crippen LogP contribution in [-0.2, 0) is 6.42 Å². The summed E-state index contributed by atoms with van der Waals surface area (Å²) in [5.74, 6) is -0.236. The van der Waals surface area contributed by atoms with Gasteiger partial charge in [0, 0.05) is 12.0 Å². The van der Waals surface area contributed by atoms with Crippen LogP contribution in [0.25, 0.3) is 0 Å². The predicted octanol–water partition coefficient (Wildman–Crippen LogP) is 2.30. The van der Waals surface area contributed by atoms with Crippen molar-refractivity contribution in [3.05, 3.63) is 53.6 Å². The van der Waals surface area contributed by atoms with Crippen molar-refractivity contribution in [2.45, 2.75) is 12.5 Å². The summed E-state index contributed by atoms with van der Waals surface area (Å²) in [7, 11) is 0. The molecule has 6 heteroatoms. The molecule has 2 aromatic rings. The number of halogens is 1. The fourth-order valence-electron chi connectivity index (χ4n) is 2.16. The van der Waals surface area contributed by atoms with Gasteiger partial charge in [-0.2, -0.15) is 0 Å². The highest BCUT2D eigenvalue weighted by Crippen LogP contribution is 2.29. The first kappa shape index (κ1) is 13.4. The number of rotatable bonds is 4. The molecule has 0 amide bonds.